The number of hydrogen-bond donors (Lipinski definition) is 0. The Morgan fingerprint density at radius 3 is 2.78 bits per heavy atom. The third kappa shape index (κ3) is 1.63. The van der Waals surface area contributed by atoms with Gasteiger partial charge in [-0.05, 0) is 44.6 Å². The van der Waals surface area contributed by atoms with Crippen molar-refractivity contribution in [3.63, 3.8) is 0 Å². The average Bonchev–Trinajstić information content (AvgIpc) is 2.69. The number of pyridine rings is 1. The van der Waals surface area contributed by atoms with Gasteiger partial charge < -0.3 is 9.80 Å². The summed E-state index contributed by atoms with van der Waals surface area (Å²) in [5.74, 6) is 0.125. The van der Waals surface area contributed by atoms with Crippen LogP contribution in [0.15, 0.2) is 18.5 Å². The molecule has 3 heterocycles. The monoisotopic (exact) mass is 245 g/mol. The third-order valence-electron chi connectivity index (χ3n) is 4.45. The molecule has 1 aromatic heterocycles. The summed E-state index contributed by atoms with van der Waals surface area (Å²) in [5.41, 5.74) is 2.51. The van der Waals surface area contributed by atoms with Gasteiger partial charge in [-0.1, -0.05) is 0 Å². The van der Waals surface area contributed by atoms with Gasteiger partial charge in [0.05, 0.1) is 11.9 Å². The van der Waals surface area contributed by atoms with E-state index in [1.807, 2.05) is 17.3 Å². The smallest absolute Gasteiger partial charge is 0.223 e. The largest absolute Gasteiger partial charge is 0.310 e. The van der Waals surface area contributed by atoms with Crippen molar-refractivity contribution in [2.45, 2.75) is 25.2 Å². The van der Waals surface area contributed by atoms with Gasteiger partial charge in [0.1, 0.15) is 0 Å². The quantitative estimate of drug-likeness (QED) is 0.693. The molecular formula is C14H19N3O. The van der Waals surface area contributed by atoms with E-state index in [1.54, 1.807) is 6.92 Å². The summed E-state index contributed by atoms with van der Waals surface area (Å²) in [6.45, 7) is 4.68. The van der Waals surface area contributed by atoms with Gasteiger partial charge in [0.2, 0.25) is 5.91 Å². The van der Waals surface area contributed by atoms with Crippen molar-refractivity contribution in [2.24, 2.45) is 0 Å². The van der Waals surface area contributed by atoms with E-state index in [4.69, 9.17) is 0 Å². The summed E-state index contributed by atoms with van der Waals surface area (Å²) in [6.07, 6.45) is 5.95. The van der Waals surface area contributed by atoms with Crippen LogP contribution in [-0.2, 0) is 10.2 Å². The SMILES string of the molecule is CC(=O)N1CC2(CCN(C)CC2)c2ccncc21. The lowest BCUT2D eigenvalue weighted by Gasteiger charge is -2.38. The predicted octanol–water partition coefficient (Wildman–Crippen LogP) is 1.41. The Bertz CT molecular complexity index is 478. The summed E-state index contributed by atoms with van der Waals surface area (Å²) >= 11 is 0. The number of anilines is 1. The Balaban J connectivity index is 2.02. The molecule has 96 valence electrons. The Kier molecular flexibility index (Phi) is 2.63. The maximum atomic E-state index is 11.8. The van der Waals surface area contributed by atoms with E-state index in [2.05, 4.69) is 23.0 Å². The highest BCUT2D eigenvalue weighted by Gasteiger charge is 2.45. The highest BCUT2D eigenvalue weighted by molar-refractivity contribution is 5.94. The number of likely N-dealkylation sites (tertiary alicyclic amines) is 1. The number of aromatic nitrogens is 1. The lowest BCUT2D eigenvalue weighted by atomic mass is 9.74. The van der Waals surface area contributed by atoms with E-state index >= 15 is 0 Å². The van der Waals surface area contributed by atoms with E-state index in [0.717, 1.165) is 38.2 Å². The molecule has 0 unspecified atom stereocenters. The molecule has 2 aliphatic rings. The normalized spacial score (nSPS) is 22.2. The standard InChI is InChI=1S/C14H19N3O/c1-11(18)17-10-14(4-7-16(2)8-5-14)12-3-6-15-9-13(12)17/h3,6,9H,4-5,7-8,10H2,1-2H3. The molecule has 4 heteroatoms. The molecule has 0 atom stereocenters. The van der Waals surface area contributed by atoms with Gasteiger partial charge in [-0.2, -0.15) is 0 Å². The molecule has 0 bridgehead atoms. The summed E-state index contributed by atoms with van der Waals surface area (Å²) in [7, 11) is 2.16. The van der Waals surface area contributed by atoms with E-state index in [1.165, 1.54) is 5.56 Å². The second-order valence-corrected chi connectivity index (χ2v) is 5.58. The first-order valence-electron chi connectivity index (χ1n) is 6.53. The first-order chi connectivity index (χ1) is 8.62. The van der Waals surface area contributed by atoms with Crippen LogP contribution in [0.25, 0.3) is 0 Å². The van der Waals surface area contributed by atoms with E-state index in [-0.39, 0.29) is 11.3 Å². The Labute approximate surface area is 108 Å². The highest BCUT2D eigenvalue weighted by atomic mass is 16.2. The Morgan fingerprint density at radius 1 is 1.39 bits per heavy atom. The Hall–Kier alpha value is -1.42. The van der Waals surface area contributed by atoms with E-state index < -0.39 is 0 Å². The molecular weight excluding hydrogens is 226 g/mol. The molecule has 0 radical (unpaired) electrons. The average molecular weight is 245 g/mol. The maximum Gasteiger partial charge on any atom is 0.223 e. The number of piperidine rings is 1. The molecule has 0 aromatic carbocycles. The summed E-state index contributed by atoms with van der Waals surface area (Å²) < 4.78 is 0. The summed E-state index contributed by atoms with van der Waals surface area (Å²) in [4.78, 5) is 20.2. The van der Waals surface area contributed by atoms with Gasteiger partial charge >= 0.3 is 0 Å². The van der Waals surface area contributed by atoms with Gasteiger partial charge in [-0.15, -0.1) is 0 Å². The number of hydrogen-bond acceptors (Lipinski definition) is 3. The van der Waals surface area contributed by atoms with Crippen LogP contribution in [-0.4, -0.2) is 42.5 Å². The van der Waals surface area contributed by atoms with Crippen LogP contribution in [0.4, 0.5) is 5.69 Å². The summed E-state index contributed by atoms with van der Waals surface area (Å²) in [5, 5.41) is 0. The van der Waals surface area contributed by atoms with Crippen molar-refractivity contribution in [1.29, 1.82) is 0 Å². The van der Waals surface area contributed by atoms with Crippen LogP contribution < -0.4 is 4.90 Å². The molecule has 0 N–H and O–H groups in total. The predicted molar refractivity (Wildman–Crippen MR) is 70.7 cm³/mol. The van der Waals surface area contributed by atoms with Gasteiger partial charge in [0, 0.05) is 25.1 Å². The number of amides is 1. The number of nitrogens with zero attached hydrogens (tertiary/aromatic N) is 3. The fraction of sp³-hybridized carbons (Fsp3) is 0.571. The Morgan fingerprint density at radius 2 is 2.11 bits per heavy atom. The fourth-order valence-corrected chi connectivity index (χ4v) is 3.28. The number of carbonyl (C=O) groups excluding carboxylic acids is 1. The van der Waals surface area contributed by atoms with Crippen molar-refractivity contribution < 1.29 is 4.79 Å². The lowest BCUT2D eigenvalue weighted by molar-refractivity contribution is -0.116. The molecule has 2 aliphatic heterocycles. The van der Waals surface area contributed by atoms with Crippen LogP contribution in [0.2, 0.25) is 0 Å². The fourth-order valence-electron chi connectivity index (χ4n) is 3.28. The zero-order valence-corrected chi connectivity index (χ0v) is 11.0. The zero-order valence-electron chi connectivity index (χ0n) is 11.0. The highest BCUT2D eigenvalue weighted by Crippen LogP contribution is 2.46. The van der Waals surface area contributed by atoms with Gasteiger partial charge in [-0.25, -0.2) is 0 Å². The molecule has 4 nitrogen and oxygen atoms in total. The number of carbonyl (C=O) groups is 1. The van der Waals surface area contributed by atoms with Crippen molar-refractivity contribution in [3.8, 4) is 0 Å². The van der Waals surface area contributed by atoms with Crippen molar-refractivity contribution in [2.75, 3.05) is 31.6 Å². The van der Waals surface area contributed by atoms with Crippen molar-refractivity contribution in [3.05, 3.63) is 24.0 Å². The maximum absolute atomic E-state index is 11.8. The van der Waals surface area contributed by atoms with Gasteiger partial charge in [0.15, 0.2) is 0 Å². The van der Waals surface area contributed by atoms with Crippen molar-refractivity contribution in [1.82, 2.24) is 9.88 Å². The minimum Gasteiger partial charge on any atom is -0.310 e. The minimum absolute atomic E-state index is 0.125. The molecule has 0 saturated carbocycles. The first-order valence-corrected chi connectivity index (χ1v) is 6.53. The molecule has 0 aliphatic carbocycles. The molecule has 1 amide bonds. The molecule has 3 rings (SSSR count). The molecule has 18 heavy (non-hydrogen) atoms. The van der Waals surface area contributed by atoms with Crippen LogP contribution >= 0.6 is 0 Å². The zero-order chi connectivity index (χ0) is 12.8. The second-order valence-electron chi connectivity index (χ2n) is 5.58. The second kappa shape index (κ2) is 4.05. The number of fused-ring (bicyclic) bond motifs is 2. The lowest BCUT2D eigenvalue weighted by Crippen LogP contribution is -2.44. The molecule has 1 saturated heterocycles. The minimum atomic E-state index is 0.125. The van der Waals surface area contributed by atoms with E-state index in [9.17, 15) is 4.79 Å². The van der Waals surface area contributed by atoms with Gasteiger partial charge in [0.25, 0.3) is 0 Å². The van der Waals surface area contributed by atoms with Crippen LogP contribution in [0.1, 0.15) is 25.3 Å². The number of rotatable bonds is 0. The first kappa shape index (κ1) is 11.7. The van der Waals surface area contributed by atoms with Gasteiger partial charge in [-0.3, -0.25) is 9.78 Å². The van der Waals surface area contributed by atoms with E-state index in [0.29, 0.717) is 0 Å². The van der Waals surface area contributed by atoms with Crippen LogP contribution in [0, 0.1) is 0 Å². The van der Waals surface area contributed by atoms with Crippen LogP contribution in [0.5, 0.6) is 0 Å². The third-order valence-corrected chi connectivity index (χ3v) is 4.45. The summed E-state index contributed by atoms with van der Waals surface area (Å²) in [6, 6.07) is 2.10. The topological polar surface area (TPSA) is 36.4 Å². The molecule has 1 fully saturated rings. The van der Waals surface area contributed by atoms with Crippen LogP contribution in [0.3, 0.4) is 0 Å². The molecule has 1 spiro atoms. The van der Waals surface area contributed by atoms with Crippen molar-refractivity contribution >= 4 is 11.6 Å². The molecule has 1 aromatic rings.